The van der Waals surface area contributed by atoms with Gasteiger partial charge in [0.15, 0.2) is 5.01 Å². The van der Waals surface area contributed by atoms with Crippen LogP contribution in [0.15, 0.2) is 23.1 Å². The minimum atomic E-state index is -0.0703. The van der Waals surface area contributed by atoms with Crippen molar-refractivity contribution in [2.24, 2.45) is 13.0 Å². The van der Waals surface area contributed by atoms with E-state index in [0.29, 0.717) is 27.7 Å². The Morgan fingerprint density at radius 2 is 2.29 bits per heavy atom. The average Bonchev–Trinajstić information content (AvgIpc) is 3.22. The van der Waals surface area contributed by atoms with Crippen LogP contribution < -0.4 is 21.7 Å². The molecule has 3 heterocycles. The normalized spacial score (nSPS) is 29.4. The molecule has 0 spiro atoms. The Kier molecular flexibility index (Phi) is 4.29. The zero-order valence-electron chi connectivity index (χ0n) is 13.2. The Morgan fingerprint density at radius 1 is 1.42 bits per heavy atom. The summed E-state index contributed by atoms with van der Waals surface area (Å²) in [4.78, 5) is 12.2. The molecule has 0 aromatic carbocycles. The lowest BCUT2D eigenvalue weighted by molar-refractivity contribution is 0.320. The van der Waals surface area contributed by atoms with Crippen LogP contribution in [0.2, 0.25) is 0 Å². The molecule has 3 N–H and O–H groups in total. The van der Waals surface area contributed by atoms with Crippen LogP contribution in [-0.2, 0) is 7.05 Å². The van der Waals surface area contributed by atoms with Gasteiger partial charge in [0.05, 0.1) is 10.9 Å². The lowest BCUT2D eigenvalue weighted by atomic mass is 9.82. The van der Waals surface area contributed by atoms with Gasteiger partial charge in [-0.1, -0.05) is 11.3 Å². The molecule has 0 radical (unpaired) electrons. The number of rotatable bonds is 3. The highest BCUT2D eigenvalue weighted by molar-refractivity contribution is 7.18. The highest BCUT2D eigenvalue weighted by Crippen LogP contribution is 2.34. The number of anilines is 1. The number of nitrogens with one attached hydrogen (secondary N) is 3. The molecule has 24 heavy (non-hydrogen) atoms. The van der Waals surface area contributed by atoms with Gasteiger partial charge in [0, 0.05) is 37.8 Å². The molecular weight excluding hydrogens is 348 g/mol. The molecule has 1 aliphatic heterocycles. The maximum Gasteiger partial charge on any atom is 0.260 e. The number of hydrogen-bond acceptors (Lipinski definition) is 7. The van der Waals surface area contributed by atoms with E-state index in [0.717, 1.165) is 19.4 Å². The van der Waals surface area contributed by atoms with Crippen molar-refractivity contribution in [3.63, 3.8) is 0 Å². The highest BCUT2D eigenvalue weighted by atomic mass is 35.5. The maximum absolute atomic E-state index is 12.2. The number of pyridine rings is 1. The average molecular weight is 367 g/mol. The van der Waals surface area contributed by atoms with E-state index >= 15 is 0 Å². The Bertz CT molecular complexity index is 792. The first kappa shape index (κ1) is 16.0. The first-order chi connectivity index (χ1) is 11.6. The highest BCUT2D eigenvalue weighted by Gasteiger charge is 2.41. The van der Waals surface area contributed by atoms with Crippen molar-refractivity contribution in [3.8, 4) is 10.6 Å². The Balaban J connectivity index is 1.51. The van der Waals surface area contributed by atoms with Crippen LogP contribution in [0.25, 0.3) is 10.6 Å². The Morgan fingerprint density at radius 3 is 3.17 bits per heavy atom. The number of alkyl halides is 1. The third kappa shape index (κ3) is 2.83. The number of aromatic nitrogens is 3. The van der Waals surface area contributed by atoms with Crippen LogP contribution in [0, 0.1) is 5.92 Å². The molecule has 4 rings (SSSR count). The van der Waals surface area contributed by atoms with Gasteiger partial charge in [0.25, 0.3) is 5.56 Å². The quantitative estimate of drug-likeness (QED) is 0.707. The molecule has 0 amide bonds. The summed E-state index contributed by atoms with van der Waals surface area (Å²) in [5.41, 5.74) is 6.98. The SMILES string of the molecule is Cn1cccc(-c2nnc(NC3CCC4NNCC4C3Cl)s2)c1=O. The molecule has 2 aromatic rings. The predicted octanol–water partition coefficient (Wildman–Crippen LogP) is 1.18. The summed E-state index contributed by atoms with van der Waals surface area (Å²) in [6, 6.07) is 4.22. The third-order valence-electron chi connectivity index (χ3n) is 4.81. The van der Waals surface area contributed by atoms with Gasteiger partial charge in [-0.2, -0.15) is 0 Å². The van der Waals surface area contributed by atoms with Crippen molar-refractivity contribution in [3.05, 3.63) is 28.7 Å². The van der Waals surface area contributed by atoms with Crippen molar-refractivity contribution in [2.75, 3.05) is 11.9 Å². The van der Waals surface area contributed by atoms with E-state index in [1.54, 1.807) is 23.9 Å². The molecule has 1 saturated heterocycles. The summed E-state index contributed by atoms with van der Waals surface area (Å²) < 4.78 is 1.54. The molecule has 128 valence electrons. The van der Waals surface area contributed by atoms with Crippen LogP contribution in [0.4, 0.5) is 5.13 Å². The van der Waals surface area contributed by atoms with Crippen LogP contribution >= 0.6 is 22.9 Å². The van der Waals surface area contributed by atoms with Gasteiger partial charge in [0.1, 0.15) is 0 Å². The van der Waals surface area contributed by atoms with Crippen LogP contribution in [0.1, 0.15) is 12.8 Å². The van der Waals surface area contributed by atoms with E-state index < -0.39 is 0 Å². The molecule has 2 aliphatic rings. The summed E-state index contributed by atoms with van der Waals surface area (Å²) in [7, 11) is 1.73. The summed E-state index contributed by atoms with van der Waals surface area (Å²) in [6.45, 7) is 0.887. The number of hydrogen-bond donors (Lipinski definition) is 3. The zero-order chi connectivity index (χ0) is 16.7. The molecule has 2 aromatic heterocycles. The molecule has 4 unspecified atom stereocenters. The van der Waals surface area contributed by atoms with Crippen molar-refractivity contribution in [1.29, 1.82) is 0 Å². The smallest absolute Gasteiger partial charge is 0.260 e. The molecule has 1 aliphatic carbocycles. The Hall–Kier alpha value is -1.48. The number of halogens is 1. The topological polar surface area (TPSA) is 83.9 Å². The van der Waals surface area contributed by atoms with E-state index in [9.17, 15) is 4.79 Å². The number of hydrazine groups is 1. The number of fused-ring (bicyclic) bond motifs is 1. The van der Waals surface area contributed by atoms with Gasteiger partial charge in [0.2, 0.25) is 5.13 Å². The standard InChI is InChI=1S/C15H19ClN6OS/c1-22-6-2-3-8(14(22)23)13-20-21-15(24-13)18-11-5-4-10-9(12(11)16)7-17-19-10/h2-3,6,9-12,17,19H,4-5,7H2,1H3,(H,18,21). The van der Waals surface area contributed by atoms with E-state index in [1.807, 2.05) is 6.07 Å². The van der Waals surface area contributed by atoms with Gasteiger partial charge in [-0.3, -0.25) is 15.6 Å². The van der Waals surface area contributed by atoms with Gasteiger partial charge >= 0.3 is 0 Å². The summed E-state index contributed by atoms with van der Waals surface area (Å²) >= 11 is 8.06. The monoisotopic (exact) mass is 366 g/mol. The largest absolute Gasteiger partial charge is 0.356 e. The van der Waals surface area contributed by atoms with Gasteiger partial charge < -0.3 is 9.88 Å². The molecule has 9 heteroatoms. The van der Waals surface area contributed by atoms with Crippen molar-refractivity contribution < 1.29 is 0 Å². The predicted molar refractivity (Wildman–Crippen MR) is 95.3 cm³/mol. The second-order valence-electron chi connectivity index (χ2n) is 6.32. The van der Waals surface area contributed by atoms with E-state index in [-0.39, 0.29) is 17.0 Å². The second kappa shape index (κ2) is 6.44. The molecular formula is C15H19ClN6OS. The first-order valence-electron chi connectivity index (χ1n) is 8.02. The number of aryl methyl sites for hydroxylation is 1. The van der Waals surface area contributed by atoms with Crippen LogP contribution in [-0.4, -0.2) is 38.8 Å². The fraction of sp³-hybridized carbons (Fsp3) is 0.533. The van der Waals surface area contributed by atoms with Gasteiger partial charge in [-0.15, -0.1) is 21.8 Å². The summed E-state index contributed by atoms with van der Waals surface area (Å²) in [5.74, 6) is 0.409. The Labute approximate surface area is 148 Å². The lowest BCUT2D eigenvalue weighted by Gasteiger charge is -2.35. The molecule has 7 nitrogen and oxygen atoms in total. The molecule has 1 saturated carbocycles. The molecule has 2 fully saturated rings. The van der Waals surface area contributed by atoms with Crippen molar-refractivity contribution in [2.45, 2.75) is 30.3 Å². The molecule has 4 atom stereocenters. The maximum atomic E-state index is 12.2. The fourth-order valence-corrected chi connectivity index (χ4v) is 4.73. The van der Waals surface area contributed by atoms with Crippen LogP contribution in [0.3, 0.4) is 0 Å². The fourth-order valence-electron chi connectivity index (χ4n) is 3.46. The third-order valence-corrected chi connectivity index (χ3v) is 6.33. The van der Waals surface area contributed by atoms with E-state index in [1.165, 1.54) is 11.3 Å². The zero-order valence-corrected chi connectivity index (χ0v) is 14.8. The van der Waals surface area contributed by atoms with Crippen molar-refractivity contribution in [1.82, 2.24) is 25.6 Å². The van der Waals surface area contributed by atoms with E-state index in [4.69, 9.17) is 11.6 Å². The first-order valence-corrected chi connectivity index (χ1v) is 9.27. The lowest BCUT2D eigenvalue weighted by Crippen LogP contribution is -2.47. The summed E-state index contributed by atoms with van der Waals surface area (Å²) in [6.07, 6.45) is 3.78. The minimum absolute atomic E-state index is 0.0307. The second-order valence-corrected chi connectivity index (χ2v) is 7.80. The van der Waals surface area contributed by atoms with E-state index in [2.05, 4.69) is 26.4 Å². The van der Waals surface area contributed by atoms with Crippen molar-refractivity contribution >= 4 is 28.1 Å². The molecule has 0 bridgehead atoms. The minimum Gasteiger partial charge on any atom is -0.356 e. The van der Waals surface area contributed by atoms with Gasteiger partial charge in [-0.25, -0.2) is 0 Å². The van der Waals surface area contributed by atoms with Gasteiger partial charge in [-0.05, 0) is 25.0 Å². The van der Waals surface area contributed by atoms with Crippen LogP contribution in [0.5, 0.6) is 0 Å². The summed E-state index contributed by atoms with van der Waals surface area (Å²) in [5, 5.41) is 13.2. The number of nitrogens with zero attached hydrogens (tertiary/aromatic N) is 3.